The molecule has 114 valence electrons. The van der Waals surface area contributed by atoms with E-state index in [1.807, 2.05) is 24.3 Å². The number of halogens is 1. The topological polar surface area (TPSA) is 65.4 Å². The molecule has 0 saturated carbocycles. The molecule has 0 radical (unpaired) electrons. The largest absolute Gasteiger partial charge is 0.508 e. The van der Waals surface area contributed by atoms with Crippen molar-refractivity contribution in [2.45, 2.75) is 6.10 Å². The lowest BCUT2D eigenvalue weighted by Gasteiger charge is -2.09. The van der Waals surface area contributed by atoms with Gasteiger partial charge >= 0.3 is 0 Å². The average Bonchev–Trinajstić information content (AvgIpc) is 2.96. The van der Waals surface area contributed by atoms with Crippen molar-refractivity contribution >= 4 is 27.2 Å². The number of fused-ring (bicyclic) bond motifs is 1. The van der Waals surface area contributed by atoms with Gasteiger partial charge < -0.3 is 15.5 Å². The van der Waals surface area contributed by atoms with Crippen LogP contribution in [0.3, 0.4) is 0 Å². The molecule has 3 rings (SSSR count). The summed E-state index contributed by atoms with van der Waals surface area (Å²) in [6.07, 6.45) is -0.989. The van der Waals surface area contributed by atoms with E-state index in [4.69, 9.17) is 0 Å². The number of hydrogen-bond donors (Lipinski definition) is 3. The van der Waals surface area contributed by atoms with Crippen LogP contribution < -0.4 is 5.32 Å². The number of benzene rings is 2. The normalized spacial score (nSPS) is 12.5. The number of alkyl halides is 1. The van der Waals surface area contributed by atoms with Crippen LogP contribution in [-0.4, -0.2) is 34.5 Å². The number of aliphatic hydroxyl groups excluding tert-OH is 1. The van der Waals surface area contributed by atoms with Crippen LogP contribution in [0.5, 0.6) is 5.75 Å². The zero-order chi connectivity index (χ0) is 15.5. The highest BCUT2D eigenvalue weighted by Crippen LogP contribution is 2.32. The Hall–Kier alpha value is -2.18. The molecule has 3 aromatic rings. The van der Waals surface area contributed by atoms with Crippen molar-refractivity contribution in [3.63, 3.8) is 0 Å². The Bertz CT molecular complexity index is 773. The van der Waals surface area contributed by atoms with Gasteiger partial charge in [-0.15, -0.1) is 11.3 Å². The number of nitrogens with zero attached hydrogens (tertiary/aromatic N) is 1. The fourth-order valence-electron chi connectivity index (χ4n) is 2.06. The maximum absolute atomic E-state index is 12.2. The molecule has 0 saturated heterocycles. The third-order valence-electron chi connectivity index (χ3n) is 3.22. The molecule has 1 unspecified atom stereocenters. The fourth-order valence-corrected chi connectivity index (χ4v) is 3.06. The van der Waals surface area contributed by atoms with Crippen molar-refractivity contribution in [3.8, 4) is 16.3 Å². The van der Waals surface area contributed by atoms with Gasteiger partial charge in [0.2, 0.25) is 0 Å². The molecule has 22 heavy (non-hydrogen) atoms. The van der Waals surface area contributed by atoms with Gasteiger partial charge in [-0.05, 0) is 42.5 Å². The second-order valence-electron chi connectivity index (χ2n) is 4.94. The van der Waals surface area contributed by atoms with Gasteiger partial charge in [-0.1, -0.05) is 0 Å². The lowest BCUT2D eigenvalue weighted by molar-refractivity contribution is 0.151. The molecule has 1 heterocycles. The summed E-state index contributed by atoms with van der Waals surface area (Å²) < 4.78 is 13.1. The van der Waals surface area contributed by atoms with E-state index in [9.17, 15) is 14.6 Å². The molecule has 0 amide bonds. The van der Waals surface area contributed by atoms with Gasteiger partial charge in [0, 0.05) is 17.8 Å². The third kappa shape index (κ3) is 3.18. The Kier molecular flexibility index (Phi) is 4.22. The van der Waals surface area contributed by atoms with Gasteiger partial charge in [-0.3, -0.25) is 0 Å². The lowest BCUT2D eigenvalue weighted by atomic mass is 10.2. The quantitative estimate of drug-likeness (QED) is 0.674. The van der Waals surface area contributed by atoms with E-state index in [0.717, 1.165) is 26.5 Å². The first-order chi connectivity index (χ1) is 10.7. The second-order valence-corrected chi connectivity index (χ2v) is 5.97. The van der Waals surface area contributed by atoms with Crippen LogP contribution in [-0.2, 0) is 0 Å². The van der Waals surface area contributed by atoms with E-state index >= 15 is 0 Å². The maximum Gasteiger partial charge on any atom is 0.124 e. The number of anilines is 1. The minimum Gasteiger partial charge on any atom is -0.508 e. The highest BCUT2D eigenvalue weighted by molar-refractivity contribution is 7.21. The number of aliphatic hydroxyl groups is 1. The summed E-state index contributed by atoms with van der Waals surface area (Å²) in [6.45, 7) is -0.583. The van der Waals surface area contributed by atoms with Gasteiger partial charge in [0.1, 0.15) is 17.4 Å². The van der Waals surface area contributed by atoms with Gasteiger partial charge in [-0.25, -0.2) is 9.37 Å². The SMILES string of the molecule is Oc1ccc2nc(-c3ccc(NCC(O)CF)cc3)sc2c1. The van der Waals surface area contributed by atoms with E-state index in [1.54, 1.807) is 18.2 Å². The van der Waals surface area contributed by atoms with E-state index < -0.39 is 12.8 Å². The number of aromatic nitrogens is 1. The summed E-state index contributed by atoms with van der Waals surface area (Å²) in [7, 11) is 0. The predicted octanol–water partition coefficient (Wildman–Crippen LogP) is 3.41. The fraction of sp³-hybridized carbons (Fsp3) is 0.188. The Morgan fingerprint density at radius 2 is 1.95 bits per heavy atom. The molecule has 2 aromatic carbocycles. The van der Waals surface area contributed by atoms with E-state index in [-0.39, 0.29) is 12.3 Å². The molecule has 0 aliphatic rings. The van der Waals surface area contributed by atoms with Gasteiger partial charge in [0.05, 0.1) is 16.3 Å². The zero-order valence-corrected chi connectivity index (χ0v) is 12.5. The summed E-state index contributed by atoms with van der Waals surface area (Å²) in [6, 6.07) is 12.7. The van der Waals surface area contributed by atoms with Gasteiger partial charge in [0.15, 0.2) is 0 Å². The number of nitrogens with one attached hydrogen (secondary N) is 1. The Labute approximate surface area is 130 Å². The van der Waals surface area contributed by atoms with Crippen LogP contribution >= 0.6 is 11.3 Å². The first-order valence-electron chi connectivity index (χ1n) is 6.83. The lowest BCUT2D eigenvalue weighted by Crippen LogP contribution is -2.21. The van der Waals surface area contributed by atoms with Crippen molar-refractivity contribution in [1.82, 2.24) is 4.98 Å². The van der Waals surface area contributed by atoms with Crippen LogP contribution in [0, 0.1) is 0 Å². The average molecular weight is 318 g/mol. The van der Waals surface area contributed by atoms with E-state index in [1.165, 1.54) is 11.3 Å². The number of hydrogen-bond acceptors (Lipinski definition) is 5. The van der Waals surface area contributed by atoms with Gasteiger partial charge in [0.25, 0.3) is 0 Å². The summed E-state index contributed by atoms with van der Waals surface area (Å²) >= 11 is 1.51. The third-order valence-corrected chi connectivity index (χ3v) is 4.29. The summed E-state index contributed by atoms with van der Waals surface area (Å²) in [4.78, 5) is 4.54. The van der Waals surface area contributed by atoms with Crippen molar-refractivity contribution in [1.29, 1.82) is 0 Å². The minimum absolute atomic E-state index is 0.177. The number of aromatic hydroxyl groups is 1. The molecule has 0 aliphatic heterocycles. The Morgan fingerprint density at radius 3 is 2.68 bits per heavy atom. The van der Waals surface area contributed by atoms with Crippen LogP contribution in [0.2, 0.25) is 0 Å². The Balaban J connectivity index is 1.79. The predicted molar refractivity (Wildman–Crippen MR) is 87.2 cm³/mol. The Morgan fingerprint density at radius 1 is 1.18 bits per heavy atom. The zero-order valence-electron chi connectivity index (χ0n) is 11.7. The number of thiazole rings is 1. The molecular formula is C16H15FN2O2S. The smallest absolute Gasteiger partial charge is 0.124 e. The second kappa shape index (κ2) is 6.29. The highest BCUT2D eigenvalue weighted by Gasteiger charge is 2.07. The number of phenols is 1. The molecule has 4 nitrogen and oxygen atoms in total. The van der Waals surface area contributed by atoms with Crippen molar-refractivity contribution < 1.29 is 14.6 Å². The molecule has 0 aliphatic carbocycles. The number of rotatable bonds is 5. The molecular weight excluding hydrogens is 303 g/mol. The molecule has 6 heteroatoms. The standard InChI is InChI=1S/C16H15FN2O2S/c17-8-13(21)9-18-11-3-1-10(2-4-11)16-19-14-6-5-12(20)7-15(14)22-16/h1-7,13,18,20-21H,8-9H2. The summed E-state index contributed by atoms with van der Waals surface area (Å²) in [5.74, 6) is 0.230. The van der Waals surface area contributed by atoms with Crippen molar-refractivity contribution in [2.24, 2.45) is 0 Å². The monoisotopic (exact) mass is 318 g/mol. The molecule has 0 fully saturated rings. The van der Waals surface area contributed by atoms with Crippen LogP contribution in [0.25, 0.3) is 20.8 Å². The van der Waals surface area contributed by atoms with E-state index in [2.05, 4.69) is 10.3 Å². The van der Waals surface area contributed by atoms with Crippen molar-refractivity contribution in [3.05, 3.63) is 42.5 Å². The molecule has 0 bridgehead atoms. The number of phenolic OH excluding ortho intramolecular Hbond substituents is 1. The minimum atomic E-state index is -0.989. The maximum atomic E-state index is 12.2. The highest BCUT2D eigenvalue weighted by atomic mass is 32.1. The van der Waals surface area contributed by atoms with Crippen molar-refractivity contribution in [2.75, 3.05) is 18.5 Å². The van der Waals surface area contributed by atoms with Gasteiger partial charge in [-0.2, -0.15) is 0 Å². The van der Waals surface area contributed by atoms with Crippen LogP contribution in [0.1, 0.15) is 0 Å². The summed E-state index contributed by atoms with van der Waals surface area (Å²) in [5.41, 5.74) is 2.64. The first-order valence-corrected chi connectivity index (χ1v) is 7.65. The molecule has 0 spiro atoms. The summed E-state index contributed by atoms with van der Waals surface area (Å²) in [5, 5.41) is 22.5. The molecule has 1 aromatic heterocycles. The van der Waals surface area contributed by atoms with Crippen LogP contribution in [0.15, 0.2) is 42.5 Å². The van der Waals surface area contributed by atoms with Crippen LogP contribution in [0.4, 0.5) is 10.1 Å². The van der Waals surface area contributed by atoms with E-state index in [0.29, 0.717) is 0 Å². The molecule has 1 atom stereocenters. The first kappa shape index (κ1) is 14.7. The molecule has 3 N–H and O–H groups in total.